The van der Waals surface area contributed by atoms with Crippen LogP contribution in [-0.2, 0) is 60.6 Å². The fourth-order valence-electron chi connectivity index (χ4n) is 4.94. The minimum absolute atomic E-state index is 0.00435. The molecule has 0 saturated heterocycles. The summed E-state index contributed by atoms with van der Waals surface area (Å²) in [7, 11) is 0. The number of aliphatic hydroxyl groups is 1. The lowest BCUT2D eigenvalue weighted by Crippen LogP contribution is -2.44. The average molecular weight is 492 g/mol. The number of cyclic esters (lactones) is 1. The first-order valence-electron chi connectivity index (χ1n) is 11.5. The van der Waals surface area contributed by atoms with Gasteiger partial charge in [0.1, 0.15) is 19.8 Å². The van der Waals surface area contributed by atoms with Gasteiger partial charge in [-0.3, -0.25) is 14.4 Å². The molecule has 10 heteroatoms. The summed E-state index contributed by atoms with van der Waals surface area (Å²) in [5.41, 5.74) is 1.62. The summed E-state index contributed by atoms with van der Waals surface area (Å²) in [4.78, 5) is 53.9. The molecule has 2 aliphatic rings. The normalized spacial score (nSPS) is 17.7. The van der Waals surface area contributed by atoms with Crippen LogP contribution in [0.3, 0.4) is 0 Å². The molecule has 0 aliphatic carbocycles. The molecule has 4 heterocycles. The van der Waals surface area contributed by atoms with Gasteiger partial charge in [0.15, 0.2) is 5.60 Å². The van der Waals surface area contributed by atoms with Gasteiger partial charge in [-0.2, -0.15) is 0 Å². The summed E-state index contributed by atoms with van der Waals surface area (Å²) in [5, 5.41) is 11.7. The number of fused-ring (bicyclic) bond motifs is 5. The number of hydrogen-bond donors (Lipinski definition) is 1. The van der Waals surface area contributed by atoms with Crippen molar-refractivity contribution in [3.8, 4) is 11.4 Å². The number of nitrogens with zero attached hydrogens (tertiary/aromatic N) is 2. The molecule has 36 heavy (non-hydrogen) atoms. The molecule has 0 saturated carbocycles. The first kappa shape index (κ1) is 23.7. The molecular formula is C26H24N2O8. The van der Waals surface area contributed by atoms with E-state index in [1.54, 1.807) is 31.2 Å². The standard InChI is InChI=1S/C26H24N2O8/c1-4-26(33)19-8-21-23-16(9-28(21)24(31)18(19)12-36-25(26)32)17(11-35-14(3)30)22-15(10-34-13(2)29)6-5-7-20(22)27-23/h5-8,33H,4,9-12H2,1-3H3/t26-/m1/s1. The molecule has 2 aliphatic heterocycles. The van der Waals surface area contributed by atoms with Crippen LogP contribution in [0.25, 0.3) is 22.3 Å². The van der Waals surface area contributed by atoms with E-state index in [1.165, 1.54) is 18.4 Å². The van der Waals surface area contributed by atoms with Gasteiger partial charge < -0.3 is 23.9 Å². The predicted octanol–water partition coefficient (Wildman–Crippen LogP) is 2.21. The number of esters is 3. The van der Waals surface area contributed by atoms with Gasteiger partial charge >= 0.3 is 17.9 Å². The maximum absolute atomic E-state index is 13.5. The zero-order chi connectivity index (χ0) is 25.8. The maximum atomic E-state index is 13.5. The molecule has 3 aromatic rings. The van der Waals surface area contributed by atoms with Crippen LogP contribution in [0.15, 0.2) is 29.1 Å². The van der Waals surface area contributed by atoms with Gasteiger partial charge in [0.2, 0.25) is 0 Å². The number of aromatic nitrogens is 2. The number of hydrogen-bond acceptors (Lipinski definition) is 9. The van der Waals surface area contributed by atoms with Gasteiger partial charge in [-0.25, -0.2) is 9.78 Å². The highest BCUT2D eigenvalue weighted by Gasteiger charge is 2.45. The van der Waals surface area contributed by atoms with E-state index in [9.17, 15) is 24.3 Å². The Kier molecular flexibility index (Phi) is 5.63. The van der Waals surface area contributed by atoms with Crippen molar-refractivity contribution in [2.75, 3.05) is 0 Å². The highest BCUT2D eigenvalue weighted by Crippen LogP contribution is 2.41. The van der Waals surface area contributed by atoms with Crippen molar-refractivity contribution < 1.29 is 33.7 Å². The van der Waals surface area contributed by atoms with Gasteiger partial charge in [-0.15, -0.1) is 0 Å². The minimum atomic E-state index is -1.93. The molecule has 1 N–H and O–H groups in total. The number of carbonyl (C=O) groups is 3. The van der Waals surface area contributed by atoms with Crippen molar-refractivity contribution in [3.63, 3.8) is 0 Å². The van der Waals surface area contributed by atoms with E-state index in [0.29, 0.717) is 39.0 Å². The Balaban J connectivity index is 1.77. The average Bonchev–Trinajstić information content (AvgIpc) is 3.21. The van der Waals surface area contributed by atoms with Crippen molar-refractivity contribution in [2.45, 2.75) is 59.2 Å². The summed E-state index contributed by atoms with van der Waals surface area (Å²) < 4.78 is 17.2. The summed E-state index contributed by atoms with van der Waals surface area (Å²) >= 11 is 0. The number of benzene rings is 1. The molecule has 1 aromatic carbocycles. The zero-order valence-electron chi connectivity index (χ0n) is 20.0. The number of ether oxygens (including phenoxy) is 3. The van der Waals surface area contributed by atoms with Crippen LogP contribution in [0.1, 0.15) is 55.0 Å². The van der Waals surface area contributed by atoms with E-state index in [0.717, 1.165) is 0 Å². The van der Waals surface area contributed by atoms with Crippen molar-refractivity contribution in [1.82, 2.24) is 9.55 Å². The van der Waals surface area contributed by atoms with E-state index in [4.69, 9.17) is 19.2 Å². The number of rotatable bonds is 5. The molecule has 5 rings (SSSR count). The summed E-state index contributed by atoms with van der Waals surface area (Å²) in [6.45, 7) is 4.12. The predicted molar refractivity (Wildman–Crippen MR) is 125 cm³/mol. The van der Waals surface area contributed by atoms with E-state index >= 15 is 0 Å². The van der Waals surface area contributed by atoms with Crippen LogP contribution < -0.4 is 5.56 Å². The quantitative estimate of drug-likeness (QED) is 0.329. The first-order chi connectivity index (χ1) is 17.2. The van der Waals surface area contributed by atoms with Gasteiger partial charge in [-0.05, 0) is 24.1 Å². The van der Waals surface area contributed by atoms with E-state index < -0.39 is 23.5 Å². The van der Waals surface area contributed by atoms with Gasteiger partial charge in [0.05, 0.1) is 29.0 Å². The van der Waals surface area contributed by atoms with E-state index in [-0.39, 0.29) is 49.5 Å². The summed E-state index contributed by atoms with van der Waals surface area (Å²) in [6.07, 6.45) is 0.0386. The highest BCUT2D eigenvalue weighted by molar-refractivity contribution is 5.91. The second kappa shape index (κ2) is 8.56. The third-order valence-corrected chi connectivity index (χ3v) is 6.77. The Morgan fingerprint density at radius 3 is 2.56 bits per heavy atom. The molecule has 1 atom stereocenters. The van der Waals surface area contributed by atoms with Crippen molar-refractivity contribution in [3.05, 3.63) is 62.4 Å². The van der Waals surface area contributed by atoms with Crippen LogP contribution in [-0.4, -0.2) is 32.6 Å². The van der Waals surface area contributed by atoms with Gasteiger partial charge in [-0.1, -0.05) is 19.1 Å². The van der Waals surface area contributed by atoms with Crippen molar-refractivity contribution >= 4 is 28.8 Å². The van der Waals surface area contributed by atoms with Crippen LogP contribution >= 0.6 is 0 Å². The molecule has 0 spiro atoms. The van der Waals surface area contributed by atoms with E-state index in [1.807, 2.05) is 0 Å². The number of carbonyl (C=O) groups excluding carboxylic acids is 3. The maximum Gasteiger partial charge on any atom is 0.343 e. The van der Waals surface area contributed by atoms with Crippen LogP contribution in [0.4, 0.5) is 0 Å². The Morgan fingerprint density at radius 2 is 1.86 bits per heavy atom. The first-order valence-corrected chi connectivity index (χ1v) is 11.5. The fraction of sp³-hybridized carbons (Fsp3) is 0.346. The smallest absolute Gasteiger partial charge is 0.343 e. The Bertz CT molecular complexity index is 1520. The SMILES string of the molecule is CC[C@]1(O)C(=O)OCc2c1cc1n(c2=O)Cc2c-1nc1cccc(COC(C)=O)c1c2COC(C)=O. The third-order valence-electron chi connectivity index (χ3n) is 6.77. The topological polar surface area (TPSA) is 134 Å². The molecule has 0 unspecified atom stereocenters. The largest absolute Gasteiger partial charge is 0.461 e. The summed E-state index contributed by atoms with van der Waals surface area (Å²) in [5.74, 6) is -1.71. The second-order valence-electron chi connectivity index (χ2n) is 8.89. The summed E-state index contributed by atoms with van der Waals surface area (Å²) in [6, 6.07) is 6.98. The van der Waals surface area contributed by atoms with E-state index in [2.05, 4.69) is 0 Å². The molecule has 0 radical (unpaired) electrons. The highest BCUT2D eigenvalue weighted by atomic mass is 16.6. The molecule has 0 amide bonds. The monoisotopic (exact) mass is 492 g/mol. The molecule has 10 nitrogen and oxygen atoms in total. The second-order valence-corrected chi connectivity index (χ2v) is 8.89. The number of pyridine rings is 2. The lowest BCUT2D eigenvalue weighted by molar-refractivity contribution is -0.172. The van der Waals surface area contributed by atoms with Gasteiger partial charge in [0.25, 0.3) is 5.56 Å². The molecule has 2 aromatic heterocycles. The third kappa shape index (κ3) is 3.56. The lowest BCUT2D eigenvalue weighted by Gasteiger charge is -2.31. The molecular weight excluding hydrogens is 468 g/mol. The molecule has 0 fully saturated rings. The van der Waals surface area contributed by atoms with Crippen LogP contribution in [0.5, 0.6) is 0 Å². The van der Waals surface area contributed by atoms with Crippen LogP contribution in [0, 0.1) is 0 Å². The van der Waals surface area contributed by atoms with Gasteiger partial charge in [0, 0.05) is 35.9 Å². The molecule has 0 bridgehead atoms. The Hall–Kier alpha value is -4.05. The Morgan fingerprint density at radius 1 is 1.14 bits per heavy atom. The van der Waals surface area contributed by atoms with Crippen LogP contribution in [0.2, 0.25) is 0 Å². The van der Waals surface area contributed by atoms with Crippen molar-refractivity contribution in [1.29, 1.82) is 0 Å². The minimum Gasteiger partial charge on any atom is -0.461 e. The molecule has 186 valence electrons. The Labute approximate surface area is 205 Å². The fourth-order valence-corrected chi connectivity index (χ4v) is 4.94. The zero-order valence-corrected chi connectivity index (χ0v) is 20.0. The lowest BCUT2D eigenvalue weighted by atomic mass is 9.86. The van der Waals surface area contributed by atoms with Crippen molar-refractivity contribution in [2.24, 2.45) is 0 Å².